The summed E-state index contributed by atoms with van der Waals surface area (Å²) in [6.07, 6.45) is 0. The van der Waals surface area contributed by atoms with Gasteiger partial charge in [-0.2, -0.15) is 0 Å². The lowest BCUT2D eigenvalue weighted by molar-refractivity contribution is 0.0690. The fourth-order valence-electron chi connectivity index (χ4n) is 1.61. The van der Waals surface area contributed by atoms with Crippen LogP contribution in [-0.4, -0.2) is 28.1 Å². The number of aromatic nitrogens is 2. The Hall–Kier alpha value is -1.95. The van der Waals surface area contributed by atoms with Crippen molar-refractivity contribution in [2.45, 2.75) is 6.92 Å². The van der Waals surface area contributed by atoms with E-state index in [0.717, 1.165) is 10.2 Å². The smallest absolute Gasteiger partial charge is 0.354 e. The molecule has 1 aromatic heterocycles. The van der Waals surface area contributed by atoms with Crippen LogP contribution < -0.4 is 4.90 Å². The van der Waals surface area contributed by atoms with Gasteiger partial charge in [-0.3, -0.25) is 0 Å². The molecule has 0 fully saturated rings. The second-order valence-corrected chi connectivity index (χ2v) is 4.95. The number of carbonyl (C=O) groups is 1. The van der Waals surface area contributed by atoms with Gasteiger partial charge in [0, 0.05) is 22.9 Å². The Balaban J connectivity index is 2.43. The van der Waals surface area contributed by atoms with Gasteiger partial charge in [-0.05, 0) is 31.2 Å². The Morgan fingerprint density at radius 1 is 1.32 bits per heavy atom. The van der Waals surface area contributed by atoms with Crippen LogP contribution in [0.4, 0.5) is 11.6 Å². The van der Waals surface area contributed by atoms with E-state index in [2.05, 4.69) is 25.9 Å². The Morgan fingerprint density at radius 2 is 2.05 bits per heavy atom. The molecular formula is C13H12BrN3O2. The van der Waals surface area contributed by atoms with Crippen molar-refractivity contribution in [3.05, 3.63) is 46.2 Å². The first-order chi connectivity index (χ1) is 8.97. The molecule has 0 radical (unpaired) electrons. The highest BCUT2D eigenvalue weighted by atomic mass is 79.9. The molecule has 0 aliphatic heterocycles. The molecule has 0 spiro atoms. The minimum Gasteiger partial charge on any atom is -0.477 e. The van der Waals surface area contributed by atoms with Gasteiger partial charge < -0.3 is 10.0 Å². The zero-order chi connectivity index (χ0) is 14.0. The van der Waals surface area contributed by atoms with E-state index in [0.29, 0.717) is 11.6 Å². The lowest BCUT2D eigenvalue weighted by Crippen LogP contribution is -2.16. The van der Waals surface area contributed by atoms with E-state index in [1.165, 1.54) is 6.07 Å². The molecule has 1 heterocycles. The highest BCUT2D eigenvalue weighted by Crippen LogP contribution is 2.23. The van der Waals surface area contributed by atoms with E-state index >= 15 is 0 Å². The third kappa shape index (κ3) is 3.08. The first kappa shape index (κ1) is 13.5. The minimum atomic E-state index is -1.06. The molecule has 1 N–H and O–H groups in total. The quantitative estimate of drug-likeness (QED) is 0.941. The van der Waals surface area contributed by atoms with Gasteiger partial charge >= 0.3 is 5.97 Å². The monoisotopic (exact) mass is 321 g/mol. The van der Waals surface area contributed by atoms with Crippen LogP contribution in [-0.2, 0) is 0 Å². The van der Waals surface area contributed by atoms with E-state index in [1.807, 2.05) is 24.3 Å². The molecule has 1 aromatic carbocycles. The van der Waals surface area contributed by atoms with Gasteiger partial charge in [0.15, 0.2) is 5.69 Å². The van der Waals surface area contributed by atoms with E-state index in [-0.39, 0.29) is 5.69 Å². The lowest BCUT2D eigenvalue weighted by Gasteiger charge is -2.18. The Morgan fingerprint density at radius 3 is 2.68 bits per heavy atom. The molecular weight excluding hydrogens is 310 g/mol. The van der Waals surface area contributed by atoms with Gasteiger partial charge in [0.25, 0.3) is 0 Å². The summed E-state index contributed by atoms with van der Waals surface area (Å²) < 4.78 is 0.933. The predicted octanol–water partition coefficient (Wildman–Crippen LogP) is 3.01. The van der Waals surface area contributed by atoms with Gasteiger partial charge in [0.2, 0.25) is 5.95 Å². The molecule has 98 valence electrons. The van der Waals surface area contributed by atoms with E-state index in [4.69, 9.17) is 5.11 Å². The third-order valence-corrected chi connectivity index (χ3v) is 3.05. The Kier molecular flexibility index (Phi) is 3.80. The normalized spacial score (nSPS) is 10.3. The highest BCUT2D eigenvalue weighted by molar-refractivity contribution is 9.10. The van der Waals surface area contributed by atoms with Crippen LogP contribution in [0.2, 0.25) is 0 Å². The molecule has 0 bridgehead atoms. The summed E-state index contributed by atoms with van der Waals surface area (Å²) >= 11 is 3.39. The SMILES string of the molecule is Cc1cc(C(=O)O)nc(N(C)c2cccc(Br)c2)n1. The minimum absolute atomic E-state index is 0.00986. The number of hydrogen-bond donors (Lipinski definition) is 1. The zero-order valence-electron chi connectivity index (χ0n) is 10.5. The second kappa shape index (κ2) is 5.36. The van der Waals surface area contributed by atoms with Crippen molar-refractivity contribution in [3.8, 4) is 0 Å². The molecule has 19 heavy (non-hydrogen) atoms. The van der Waals surface area contributed by atoms with Gasteiger partial charge in [-0.25, -0.2) is 14.8 Å². The van der Waals surface area contributed by atoms with Gasteiger partial charge in [-0.1, -0.05) is 22.0 Å². The first-order valence-electron chi connectivity index (χ1n) is 5.55. The molecule has 0 saturated carbocycles. The molecule has 0 atom stereocenters. The summed E-state index contributed by atoms with van der Waals surface area (Å²) in [5.74, 6) is -0.704. The van der Waals surface area contributed by atoms with Crippen molar-refractivity contribution in [2.75, 3.05) is 11.9 Å². The number of nitrogens with zero attached hydrogens (tertiary/aromatic N) is 3. The predicted molar refractivity (Wildman–Crippen MR) is 75.9 cm³/mol. The zero-order valence-corrected chi connectivity index (χ0v) is 12.0. The molecule has 2 aromatic rings. The second-order valence-electron chi connectivity index (χ2n) is 4.04. The highest BCUT2D eigenvalue weighted by Gasteiger charge is 2.13. The maximum absolute atomic E-state index is 11.0. The van der Waals surface area contributed by atoms with Crippen LogP contribution in [0.25, 0.3) is 0 Å². The van der Waals surface area contributed by atoms with E-state index in [1.54, 1.807) is 18.9 Å². The average molecular weight is 322 g/mol. The molecule has 0 saturated heterocycles. The molecule has 0 aliphatic carbocycles. The molecule has 0 aliphatic rings. The van der Waals surface area contributed by atoms with Crippen molar-refractivity contribution in [1.29, 1.82) is 0 Å². The molecule has 0 unspecified atom stereocenters. The first-order valence-corrected chi connectivity index (χ1v) is 6.35. The van der Waals surface area contributed by atoms with E-state index < -0.39 is 5.97 Å². The number of carboxylic acid groups (broad SMARTS) is 1. The summed E-state index contributed by atoms with van der Waals surface area (Å²) in [6.45, 7) is 1.74. The number of hydrogen-bond acceptors (Lipinski definition) is 4. The van der Waals surface area contributed by atoms with Gasteiger partial charge in [0.1, 0.15) is 0 Å². The van der Waals surface area contributed by atoms with Gasteiger partial charge in [-0.15, -0.1) is 0 Å². The maximum atomic E-state index is 11.0. The fraction of sp³-hybridized carbons (Fsp3) is 0.154. The summed E-state index contributed by atoms with van der Waals surface area (Å²) in [6, 6.07) is 9.06. The molecule has 5 nitrogen and oxygen atoms in total. The van der Waals surface area contributed by atoms with Crippen LogP contribution in [0.5, 0.6) is 0 Å². The lowest BCUT2D eigenvalue weighted by atomic mass is 10.3. The number of benzene rings is 1. The number of aromatic carboxylic acids is 1. The summed E-state index contributed by atoms with van der Waals surface area (Å²) in [5.41, 5.74) is 1.48. The number of rotatable bonds is 3. The largest absolute Gasteiger partial charge is 0.477 e. The van der Waals surface area contributed by atoms with Gasteiger partial charge in [0.05, 0.1) is 0 Å². The number of anilines is 2. The standard InChI is InChI=1S/C13H12BrN3O2/c1-8-6-11(12(18)19)16-13(15-8)17(2)10-5-3-4-9(14)7-10/h3-7H,1-2H3,(H,18,19). The van der Waals surface area contributed by atoms with E-state index in [9.17, 15) is 4.79 Å². The number of aryl methyl sites for hydroxylation is 1. The third-order valence-electron chi connectivity index (χ3n) is 2.56. The summed E-state index contributed by atoms with van der Waals surface area (Å²) in [4.78, 5) is 21.0. The number of halogens is 1. The van der Waals surface area contributed by atoms with Crippen LogP contribution in [0, 0.1) is 6.92 Å². The molecule has 6 heteroatoms. The molecule has 0 amide bonds. The van der Waals surface area contributed by atoms with Crippen LogP contribution in [0.3, 0.4) is 0 Å². The van der Waals surface area contributed by atoms with Crippen LogP contribution in [0.1, 0.15) is 16.2 Å². The summed E-state index contributed by atoms with van der Waals surface area (Å²) in [7, 11) is 1.79. The maximum Gasteiger partial charge on any atom is 0.354 e. The van der Waals surface area contributed by atoms with Crippen molar-refractivity contribution in [1.82, 2.24) is 9.97 Å². The topological polar surface area (TPSA) is 66.3 Å². The van der Waals surface area contributed by atoms with Crippen LogP contribution >= 0.6 is 15.9 Å². The Labute approximate surface area is 119 Å². The molecule has 2 rings (SSSR count). The van der Waals surface area contributed by atoms with Crippen molar-refractivity contribution < 1.29 is 9.90 Å². The van der Waals surface area contributed by atoms with Crippen LogP contribution in [0.15, 0.2) is 34.8 Å². The van der Waals surface area contributed by atoms with Crippen molar-refractivity contribution in [2.24, 2.45) is 0 Å². The average Bonchev–Trinajstić information content (AvgIpc) is 2.37. The van der Waals surface area contributed by atoms with Crippen molar-refractivity contribution >= 4 is 33.5 Å². The fourth-order valence-corrected chi connectivity index (χ4v) is 2.00. The number of carboxylic acids is 1. The summed E-state index contributed by atoms with van der Waals surface area (Å²) in [5, 5.41) is 9.01. The van der Waals surface area contributed by atoms with Crippen molar-refractivity contribution in [3.63, 3.8) is 0 Å². The Bertz CT molecular complexity index is 631.